The van der Waals surface area contributed by atoms with Crippen LogP contribution in [0.3, 0.4) is 0 Å². The third-order valence-electron chi connectivity index (χ3n) is 5.33. The molecule has 0 saturated carbocycles. The third-order valence-corrected chi connectivity index (χ3v) is 7.00. The van der Waals surface area contributed by atoms with Crippen LogP contribution in [0.25, 0.3) is 16.6 Å². The second kappa shape index (κ2) is 6.84. The monoisotopic (exact) mass is 504 g/mol. The molecule has 0 amide bonds. The summed E-state index contributed by atoms with van der Waals surface area (Å²) in [7, 11) is 0. The van der Waals surface area contributed by atoms with Gasteiger partial charge in [-0.3, -0.25) is 0 Å². The predicted octanol–water partition coefficient (Wildman–Crippen LogP) is 6.22. The summed E-state index contributed by atoms with van der Waals surface area (Å²) >= 11 is 3.14. The van der Waals surface area contributed by atoms with Crippen LogP contribution in [0.4, 0.5) is 8.78 Å². The summed E-state index contributed by atoms with van der Waals surface area (Å²) in [5.41, 5.74) is 5.65. The van der Waals surface area contributed by atoms with Gasteiger partial charge in [0.05, 0.1) is 9.09 Å². The van der Waals surface area contributed by atoms with Gasteiger partial charge in [0.25, 0.3) is 0 Å². The van der Waals surface area contributed by atoms with E-state index in [-0.39, 0.29) is 15.0 Å². The first kappa shape index (κ1) is 18.1. The maximum absolute atomic E-state index is 14.6. The van der Waals surface area contributed by atoms with Crippen molar-refractivity contribution >= 4 is 51.0 Å². The van der Waals surface area contributed by atoms with Crippen molar-refractivity contribution in [3.63, 3.8) is 0 Å². The van der Waals surface area contributed by atoms with Gasteiger partial charge in [0.15, 0.2) is 11.0 Å². The first-order valence-corrected chi connectivity index (χ1v) is 11.2. The molecule has 1 unspecified atom stereocenters. The van der Waals surface area contributed by atoms with E-state index in [1.807, 2.05) is 29.0 Å². The molecule has 1 heterocycles. The van der Waals surface area contributed by atoms with E-state index in [1.54, 1.807) is 22.6 Å². The molecule has 28 heavy (non-hydrogen) atoms. The Labute approximate surface area is 179 Å². The predicted molar refractivity (Wildman–Crippen MR) is 118 cm³/mol. The van der Waals surface area contributed by atoms with Gasteiger partial charge in [0, 0.05) is 18.5 Å². The van der Waals surface area contributed by atoms with Crippen molar-refractivity contribution in [2.45, 2.75) is 11.7 Å². The van der Waals surface area contributed by atoms with Gasteiger partial charge in [-0.25, -0.2) is 13.8 Å². The average Bonchev–Trinajstić information content (AvgIpc) is 3.08. The van der Waals surface area contributed by atoms with Gasteiger partial charge >= 0.3 is 0 Å². The van der Waals surface area contributed by atoms with Gasteiger partial charge in [-0.05, 0) is 51.1 Å². The molecule has 2 nitrogen and oxygen atoms in total. The quantitative estimate of drug-likeness (QED) is 0.239. The Hall–Kier alpha value is -1.93. The molecule has 0 radical (unpaired) electrons. The van der Waals surface area contributed by atoms with Gasteiger partial charge < -0.3 is 4.57 Å². The van der Waals surface area contributed by atoms with Crippen LogP contribution in [0.5, 0.6) is 0 Å². The zero-order chi connectivity index (χ0) is 19.4. The minimum Gasteiger partial charge on any atom is -0.318 e. The van der Waals surface area contributed by atoms with Gasteiger partial charge in [0.2, 0.25) is 0 Å². The van der Waals surface area contributed by atoms with Gasteiger partial charge in [-0.1, -0.05) is 60.3 Å². The highest BCUT2D eigenvalue weighted by molar-refractivity contribution is 14.1. The van der Waals surface area contributed by atoms with Crippen LogP contribution in [0.2, 0.25) is 0 Å². The van der Waals surface area contributed by atoms with Crippen molar-refractivity contribution in [2.24, 2.45) is 5.92 Å². The highest BCUT2D eigenvalue weighted by Crippen LogP contribution is 2.46. The molecular formula is C22H15F2IN2S. The lowest BCUT2D eigenvalue weighted by atomic mass is 9.70. The number of hydrogen-bond donors (Lipinski definition) is 0. The Morgan fingerprint density at radius 1 is 1.18 bits per heavy atom. The van der Waals surface area contributed by atoms with Gasteiger partial charge in [0.1, 0.15) is 11.3 Å². The zero-order valence-electron chi connectivity index (χ0n) is 14.9. The number of allylic oxidation sites excluding steroid dienone is 6. The molecule has 0 N–H and O–H groups in total. The van der Waals surface area contributed by atoms with Crippen LogP contribution in [0.1, 0.15) is 5.56 Å². The lowest BCUT2D eigenvalue weighted by Crippen LogP contribution is -2.25. The number of rotatable bonds is 4. The zero-order valence-corrected chi connectivity index (χ0v) is 17.9. The van der Waals surface area contributed by atoms with Crippen molar-refractivity contribution < 1.29 is 8.78 Å². The Morgan fingerprint density at radius 3 is 2.68 bits per heavy atom. The second-order valence-corrected chi connectivity index (χ2v) is 8.68. The number of fused-ring (bicyclic) bond motifs is 3. The van der Waals surface area contributed by atoms with Crippen LogP contribution in [0, 0.1) is 21.1 Å². The highest BCUT2D eigenvalue weighted by Gasteiger charge is 2.33. The van der Waals surface area contributed by atoms with Crippen molar-refractivity contribution in [2.75, 3.05) is 6.26 Å². The fourth-order valence-electron chi connectivity index (χ4n) is 3.91. The summed E-state index contributed by atoms with van der Waals surface area (Å²) in [6.07, 6.45) is 8.41. The lowest BCUT2D eigenvalue weighted by Gasteiger charge is -2.36. The largest absolute Gasteiger partial charge is 0.318 e. The van der Waals surface area contributed by atoms with Crippen LogP contribution in [-0.2, 0) is 6.54 Å². The van der Waals surface area contributed by atoms with E-state index in [0.717, 1.165) is 0 Å². The standard InChI is InChI=1S/C22H15F2IN2S/c1-28-22-26-21-18(10-17(23)20(25)19(21)24)27(22)11-16-13-7-8-14(15(16)9-13)12-5-3-2-4-6-12/h2-10,16H,11H2,1H3. The van der Waals surface area contributed by atoms with E-state index in [0.29, 0.717) is 17.2 Å². The molecule has 140 valence electrons. The fourth-order valence-corrected chi connectivity index (χ4v) is 4.90. The second-order valence-electron chi connectivity index (χ2n) is 6.83. The molecule has 0 saturated heterocycles. The number of hydrogen-bond acceptors (Lipinski definition) is 2. The van der Waals surface area contributed by atoms with Gasteiger partial charge in [-0.2, -0.15) is 0 Å². The fraction of sp³-hybridized carbons (Fsp3) is 0.136. The first-order chi connectivity index (χ1) is 13.6. The van der Waals surface area contributed by atoms with E-state index < -0.39 is 11.6 Å². The summed E-state index contributed by atoms with van der Waals surface area (Å²) in [5.74, 6) is -0.924. The van der Waals surface area contributed by atoms with Crippen LogP contribution in [-0.4, -0.2) is 15.8 Å². The maximum atomic E-state index is 14.6. The minimum absolute atomic E-state index is 0.0115. The number of benzene rings is 2. The molecule has 2 aliphatic rings. The summed E-state index contributed by atoms with van der Waals surface area (Å²) < 4.78 is 30.7. The molecule has 0 spiro atoms. The molecule has 5 rings (SSSR count). The van der Waals surface area contributed by atoms with E-state index >= 15 is 0 Å². The molecule has 2 aliphatic carbocycles. The van der Waals surface area contributed by atoms with Crippen molar-refractivity contribution in [3.8, 4) is 0 Å². The number of aromatic nitrogens is 2. The summed E-state index contributed by atoms with van der Waals surface area (Å²) in [6.45, 7) is 0.619. The lowest BCUT2D eigenvalue weighted by molar-refractivity contribution is 0.535. The highest BCUT2D eigenvalue weighted by atomic mass is 127. The maximum Gasteiger partial charge on any atom is 0.168 e. The van der Waals surface area contributed by atoms with E-state index in [4.69, 9.17) is 0 Å². The first-order valence-electron chi connectivity index (χ1n) is 8.85. The SMILES string of the molecule is CSc1nc2c(F)c(I)c(F)cc2n1CC1c2ccc(-c3ccccc3)c1c2. The van der Waals surface area contributed by atoms with E-state index in [1.165, 1.54) is 40.1 Å². The third kappa shape index (κ3) is 2.69. The Kier molecular flexibility index (Phi) is 4.43. The smallest absolute Gasteiger partial charge is 0.168 e. The average molecular weight is 504 g/mol. The Balaban J connectivity index is 1.55. The summed E-state index contributed by atoms with van der Waals surface area (Å²) in [6, 6.07) is 11.7. The topological polar surface area (TPSA) is 17.8 Å². The number of halogens is 3. The Morgan fingerprint density at radius 2 is 1.96 bits per heavy atom. The number of thioether (sulfide) groups is 1. The summed E-state index contributed by atoms with van der Waals surface area (Å²) in [5, 5.41) is 0.701. The van der Waals surface area contributed by atoms with Crippen molar-refractivity contribution in [1.82, 2.24) is 9.55 Å². The number of imidazole rings is 1. The van der Waals surface area contributed by atoms with Crippen LogP contribution in [0.15, 0.2) is 70.9 Å². The minimum atomic E-state index is -0.582. The molecule has 2 bridgehead atoms. The molecule has 2 aromatic carbocycles. The molecule has 1 aromatic heterocycles. The molecule has 0 fully saturated rings. The normalized spacial score (nSPS) is 17.9. The van der Waals surface area contributed by atoms with E-state index in [9.17, 15) is 8.78 Å². The Bertz CT molecular complexity index is 1210. The van der Waals surface area contributed by atoms with E-state index in [2.05, 4.69) is 35.3 Å². The van der Waals surface area contributed by atoms with Crippen molar-refractivity contribution in [3.05, 3.63) is 86.5 Å². The molecule has 6 heteroatoms. The summed E-state index contributed by atoms with van der Waals surface area (Å²) in [4.78, 5) is 4.44. The van der Waals surface area contributed by atoms with Crippen molar-refractivity contribution in [1.29, 1.82) is 0 Å². The molecule has 1 atom stereocenters. The van der Waals surface area contributed by atoms with Gasteiger partial charge in [-0.15, -0.1) is 0 Å². The molecule has 3 aromatic rings. The molecular weight excluding hydrogens is 489 g/mol. The van der Waals surface area contributed by atoms with Crippen LogP contribution >= 0.6 is 34.4 Å². The van der Waals surface area contributed by atoms with Crippen LogP contribution < -0.4 is 0 Å². The number of nitrogens with zero attached hydrogens (tertiary/aromatic N) is 2. The molecule has 0 aliphatic heterocycles.